The maximum atomic E-state index is 11.1. The van der Waals surface area contributed by atoms with Gasteiger partial charge in [-0.3, -0.25) is 9.78 Å². The second kappa shape index (κ2) is 5.17. The Morgan fingerprint density at radius 1 is 1.45 bits per heavy atom. The predicted molar refractivity (Wildman–Crippen MR) is 76.4 cm³/mol. The summed E-state index contributed by atoms with van der Waals surface area (Å²) in [4.78, 5) is 15.4. The van der Waals surface area contributed by atoms with Crippen molar-refractivity contribution in [2.24, 2.45) is 5.41 Å². The zero-order valence-corrected chi connectivity index (χ0v) is 11.3. The van der Waals surface area contributed by atoms with Crippen molar-refractivity contribution in [1.29, 1.82) is 5.26 Å². The molecule has 5 nitrogen and oxygen atoms in total. The minimum Gasteiger partial charge on any atom is -0.481 e. The van der Waals surface area contributed by atoms with Crippen LogP contribution in [0.4, 0.5) is 5.69 Å². The van der Waals surface area contributed by atoms with Crippen LogP contribution in [0.15, 0.2) is 30.5 Å². The van der Waals surface area contributed by atoms with E-state index in [9.17, 15) is 10.1 Å². The van der Waals surface area contributed by atoms with Crippen LogP contribution in [0.3, 0.4) is 0 Å². The van der Waals surface area contributed by atoms with E-state index in [1.165, 1.54) is 6.20 Å². The summed E-state index contributed by atoms with van der Waals surface area (Å²) >= 11 is 0. The first kappa shape index (κ1) is 13.8. The first-order chi connectivity index (χ1) is 9.45. The van der Waals surface area contributed by atoms with Crippen LogP contribution in [0.1, 0.15) is 19.4 Å². The number of nitrogens with one attached hydrogen (secondary N) is 1. The maximum absolute atomic E-state index is 11.1. The average Bonchev–Trinajstić information content (AvgIpc) is 2.44. The summed E-state index contributed by atoms with van der Waals surface area (Å²) in [5.74, 6) is -0.887. The number of rotatable bonds is 4. The molecule has 1 aromatic heterocycles. The molecule has 2 aromatic rings. The van der Waals surface area contributed by atoms with Gasteiger partial charge in [0.15, 0.2) is 0 Å². The molecule has 20 heavy (non-hydrogen) atoms. The first-order valence-electron chi connectivity index (χ1n) is 6.21. The summed E-state index contributed by atoms with van der Waals surface area (Å²) in [5.41, 5.74) is 0.885. The van der Waals surface area contributed by atoms with Crippen LogP contribution in [0.25, 0.3) is 10.9 Å². The van der Waals surface area contributed by atoms with Crippen molar-refractivity contribution in [2.75, 3.05) is 11.9 Å². The van der Waals surface area contributed by atoms with Crippen LogP contribution in [0.5, 0.6) is 0 Å². The lowest BCUT2D eigenvalue weighted by molar-refractivity contribution is -0.146. The third kappa shape index (κ3) is 2.54. The molecule has 0 aliphatic carbocycles. The average molecular weight is 269 g/mol. The molecular formula is C15H15N3O2. The highest BCUT2D eigenvalue weighted by molar-refractivity contribution is 5.94. The molecule has 0 atom stereocenters. The first-order valence-corrected chi connectivity index (χ1v) is 6.21. The van der Waals surface area contributed by atoms with Gasteiger partial charge in [0.25, 0.3) is 0 Å². The van der Waals surface area contributed by atoms with Crippen LogP contribution in [-0.2, 0) is 4.79 Å². The number of fused-ring (bicyclic) bond motifs is 1. The molecule has 0 fully saturated rings. The van der Waals surface area contributed by atoms with Crippen LogP contribution in [0.2, 0.25) is 0 Å². The van der Waals surface area contributed by atoms with E-state index < -0.39 is 11.4 Å². The molecule has 2 N–H and O–H groups in total. The van der Waals surface area contributed by atoms with E-state index in [1.54, 1.807) is 13.8 Å². The zero-order valence-electron chi connectivity index (χ0n) is 11.3. The Bertz CT molecular complexity index is 702. The SMILES string of the molecule is CC(C)(CNc1c(C#N)cnc2ccccc12)C(=O)O. The molecule has 0 aliphatic rings. The van der Waals surface area contributed by atoms with Gasteiger partial charge in [-0.2, -0.15) is 5.26 Å². The third-order valence-corrected chi connectivity index (χ3v) is 3.18. The van der Waals surface area contributed by atoms with E-state index in [0.717, 1.165) is 10.9 Å². The molecule has 0 saturated heterocycles. The second-order valence-electron chi connectivity index (χ2n) is 5.22. The van der Waals surface area contributed by atoms with Gasteiger partial charge in [-0.15, -0.1) is 0 Å². The van der Waals surface area contributed by atoms with Crippen molar-refractivity contribution in [1.82, 2.24) is 4.98 Å². The molecule has 1 aromatic carbocycles. The normalized spacial score (nSPS) is 11.1. The number of carboxylic acid groups (broad SMARTS) is 1. The summed E-state index contributed by atoms with van der Waals surface area (Å²) < 4.78 is 0. The number of pyridine rings is 1. The molecule has 0 aliphatic heterocycles. The lowest BCUT2D eigenvalue weighted by Crippen LogP contribution is -2.32. The van der Waals surface area contributed by atoms with Crippen LogP contribution in [0, 0.1) is 16.7 Å². The quantitative estimate of drug-likeness (QED) is 0.891. The van der Waals surface area contributed by atoms with Gasteiger partial charge in [-0.25, -0.2) is 0 Å². The van der Waals surface area contributed by atoms with Gasteiger partial charge in [0.2, 0.25) is 0 Å². The number of aromatic nitrogens is 1. The molecular weight excluding hydrogens is 254 g/mol. The minimum absolute atomic E-state index is 0.227. The van der Waals surface area contributed by atoms with E-state index >= 15 is 0 Å². The molecule has 0 unspecified atom stereocenters. The number of hydrogen-bond donors (Lipinski definition) is 2. The topological polar surface area (TPSA) is 86.0 Å². The Morgan fingerprint density at radius 3 is 2.80 bits per heavy atom. The van der Waals surface area contributed by atoms with Gasteiger partial charge in [-0.05, 0) is 19.9 Å². The van der Waals surface area contributed by atoms with Crippen molar-refractivity contribution >= 4 is 22.6 Å². The molecule has 0 spiro atoms. The van der Waals surface area contributed by atoms with E-state index in [4.69, 9.17) is 5.11 Å². The molecule has 2 rings (SSSR count). The van der Waals surface area contributed by atoms with E-state index in [0.29, 0.717) is 11.3 Å². The van der Waals surface area contributed by atoms with Crippen molar-refractivity contribution in [2.45, 2.75) is 13.8 Å². The highest BCUT2D eigenvalue weighted by Crippen LogP contribution is 2.27. The third-order valence-electron chi connectivity index (χ3n) is 3.18. The fourth-order valence-corrected chi connectivity index (χ4v) is 1.80. The van der Waals surface area contributed by atoms with Gasteiger partial charge in [0.1, 0.15) is 6.07 Å². The number of nitrogens with zero attached hydrogens (tertiary/aromatic N) is 2. The highest BCUT2D eigenvalue weighted by atomic mass is 16.4. The molecule has 0 saturated carbocycles. The summed E-state index contributed by atoms with van der Waals surface area (Å²) in [6.07, 6.45) is 1.50. The van der Waals surface area contributed by atoms with Crippen LogP contribution in [-0.4, -0.2) is 22.6 Å². The second-order valence-corrected chi connectivity index (χ2v) is 5.22. The molecule has 102 valence electrons. The van der Waals surface area contributed by atoms with Crippen molar-refractivity contribution in [3.8, 4) is 6.07 Å². The van der Waals surface area contributed by atoms with Gasteiger partial charge in [-0.1, -0.05) is 18.2 Å². The number of carboxylic acids is 1. The number of para-hydroxylation sites is 1. The number of carbonyl (C=O) groups is 1. The molecule has 5 heteroatoms. The molecule has 0 radical (unpaired) electrons. The monoisotopic (exact) mass is 269 g/mol. The number of nitriles is 1. The summed E-state index contributed by atoms with van der Waals surface area (Å²) in [6.45, 7) is 3.50. The van der Waals surface area contributed by atoms with E-state index in [-0.39, 0.29) is 6.54 Å². The zero-order chi connectivity index (χ0) is 14.8. The van der Waals surface area contributed by atoms with Crippen molar-refractivity contribution in [3.63, 3.8) is 0 Å². The molecule has 0 bridgehead atoms. The van der Waals surface area contributed by atoms with Crippen molar-refractivity contribution in [3.05, 3.63) is 36.0 Å². The fraction of sp³-hybridized carbons (Fsp3) is 0.267. The predicted octanol–water partition coefficient (Wildman–Crippen LogP) is 2.63. The summed E-state index contributed by atoms with van der Waals surface area (Å²) in [7, 11) is 0. The summed E-state index contributed by atoms with van der Waals surface area (Å²) in [6, 6.07) is 9.52. The number of anilines is 1. The highest BCUT2D eigenvalue weighted by Gasteiger charge is 2.27. The molecule has 1 heterocycles. The van der Waals surface area contributed by atoms with Crippen LogP contribution >= 0.6 is 0 Å². The van der Waals surface area contributed by atoms with E-state index in [2.05, 4.69) is 16.4 Å². The Balaban J connectivity index is 2.43. The lowest BCUT2D eigenvalue weighted by Gasteiger charge is -2.21. The Hall–Kier alpha value is -2.61. The number of hydrogen-bond acceptors (Lipinski definition) is 4. The van der Waals surface area contributed by atoms with Gasteiger partial charge in [0.05, 0.1) is 22.2 Å². The fourth-order valence-electron chi connectivity index (χ4n) is 1.80. The summed E-state index contributed by atoms with van der Waals surface area (Å²) in [5, 5.41) is 22.2. The van der Waals surface area contributed by atoms with Crippen LogP contribution < -0.4 is 5.32 Å². The smallest absolute Gasteiger partial charge is 0.310 e. The maximum Gasteiger partial charge on any atom is 0.310 e. The van der Waals surface area contributed by atoms with Gasteiger partial charge >= 0.3 is 5.97 Å². The Labute approximate surface area is 116 Å². The Kier molecular flexibility index (Phi) is 3.57. The van der Waals surface area contributed by atoms with E-state index in [1.807, 2.05) is 24.3 Å². The standard InChI is InChI=1S/C15H15N3O2/c1-15(2,14(19)20)9-18-13-10(7-16)8-17-12-6-4-3-5-11(12)13/h3-6,8H,9H2,1-2H3,(H,17,18)(H,19,20). The molecule has 0 amide bonds. The van der Waals surface area contributed by atoms with Gasteiger partial charge in [0, 0.05) is 18.1 Å². The Morgan fingerprint density at radius 2 is 2.15 bits per heavy atom. The number of benzene rings is 1. The van der Waals surface area contributed by atoms with Gasteiger partial charge < -0.3 is 10.4 Å². The minimum atomic E-state index is -0.920. The van der Waals surface area contributed by atoms with Crippen molar-refractivity contribution < 1.29 is 9.90 Å². The largest absolute Gasteiger partial charge is 0.481 e. The number of aliphatic carboxylic acids is 1. The lowest BCUT2D eigenvalue weighted by atomic mass is 9.93.